The van der Waals surface area contributed by atoms with E-state index in [2.05, 4.69) is 5.32 Å². The van der Waals surface area contributed by atoms with E-state index in [0.717, 1.165) is 18.4 Å². The normalized spacial score (nSPS) is 15.8. The van der Waals surface area contributed by atoms with E-state index in [1.807, 2.05) is 0 Å². The topological polar surface area (TPSA) is 89.3 Å². The van der Waals surface area contributed by atoms with Crippen molar-refractivity contribution in [3.63, 3.8) is 0 Å². The summed E-state index contributed by atoms with van der Waals surface area (Å²) in [6, 6.07) is 6.21. The monoisotopic (exact) mass is 282 g/mol. The van der Waals surface area contributed by atoms with E-state index in [0.29, 0.717) is 18.9 Å². The summed E-state index contributed by atoms with van der Waals surface area (Å²) in [5.74, 6) is 0.602. The Labute approximate surface area is 113 Å². The van der Waals surface area contributed by atoms with Crippen LogP contribution in [0.15, 0.2) is 29.2 Å². The van der Waals surface area contributed by atoms with Gasteiger partial charge in [-0.1, -0.05) is 18.6 Å². The Hall–Kier alpha value is -1.40. The van der Waals surface area contributed by atoms with Crippen LogP contribution in [0, 0.1) is 5.92 Å². The highest BCUT2D eigenvalue weighted by molar-refractivity contribution is 7.89. The molecule has 0 aliphatic heterocycles. The number of benzene rings is 1. The van der Waals surface area contributed by atoms with Crippen LogP contribution >= 0.6 is 0 Å². The van der Waals surface area contributed by atoms with Gasteiger partial charge in [0.25, 0.3) is 0 Å². The first-order valence-electron chi connectivity index (χ1n) is 6.33. The number of nitrogens with one attached hydrogen (secondary N) is 1. The Morgan fingerprint density at radius 2 is 1.89 bits per heavy atom. The molecule has 3 N–H and O–H groups in total. The second kappa shape index (κ2) is 5.71. The van der Waals surface area contributed by atoms with E-state index in [1.54, 1.807) is 12.1 Å². The van der Waals surface area contributed by atoms with Crippen LogP contribution in [0.4, 0.5) is 0 Å². The molecule has 19 heavy (non-hydrogen) atoms. The summed E-state index contributed by atoms with van der Waals surface area (Å²) in [6.45, 7) is 0.413. The molecule has 0 radical (unpaired) electrons. The van der Waals surface area contributed by atoms with Gasteiger partial charge in [-0.15, -0.1) is 0 Å². The summed E-state index contributed by atoms with van der Waals surface area (Å²) in [6.07, 6.45) is 4.12. The molecule has 0 unspecified atom stereocenters. The van der Waals surface area contributed by atoms with Crippen LogP contribution in [-0.2, 0) is 21.4 Å². The molecule has 0 spiro atoms. The van der Waals surface area contributed by atoms with Crippen LogP contribution in [0.3, 0.4) is 0 Å². The van der Waals surface area contributed by atoms with E-state index in [9.17, 15) is 13.2 Å². The maximum atomic E-state index is 11.6. The molecule has 1 aliphatic carbocycles. The molecule has 0 saturated heterocycles. The van der Waals surface area contributed by atoms with Gasteiger partial charge in [0.05, 0.1) is 4.90 Å². The Balaban J connectivity index is 1.84. The van der Waals surface area contributed by atoms with Crippen molar-refractivity contribution in [3.05, 3.63) is 29.8 Å². The first kappa shape index (κ1) is 14.0. The summed E-state index contributed by atoms with van der Waals surface area (Å²) < 4.78 is 22.2. The third-order valence-electron chi connectivity index (χ3n) is 3.44. The van der Waals surface area contributed by atoms with Crippen LogP contribution in [0.5, 0.6) is 0 Å². The van der Waals surface area contributed by atoms with Gasteiger partial charge >= 0.3 is 0 Å². The maximum Gasteiger partial charge on any atom is 0.238 e. The van der Waals surface area contributed by atoms with Gasteiger partial charge < -0.3 is 5.32 Å². The molecular weight excluding hydrogens is 264 g/mol. The Morgan fingerprint density at radius 3 is 2.37 bits per heavy atom. The van der Waals surface area contributed by atoms with Crippen LogP contribution in [0.25, 0.3) is 0 Å². The molecule has 104 valence electrons. The van der Waals surface area contributed by atoms with Gasteiger partial charge in [-0.05, 0) is 36.5 Å². The fourth-order valence-corrected chi connectivity index (χ4v) is 2.54. The smallest absolute Gasteiger partial charge is 0.238 e. The van der Waals surface area contributed by atoms with Crippen molar-refractivity contribution in [1.29, 1.82) is 0 Å². The number of carbonyl (C=O) groups is 1. The molecule has 1 saturated carbocycles. The molecular formula is C13H18N2O3S. The highest BCUT2D eigenvalue weighted by atomic mass is 32.2. The van der Waals surface area contributed by atoms with Crippen LogP contribution in [0.1, 0.15) is 31.2 Å². The molecule has 0 aromatic heterocycles. The van der Waals surface area contributed by atoms with Gasteiger partial charge in [0.15, 0.2) is 0 Å². The lowest BCUT2D eigenvalue weighted by Gasteiger charge is -2.24. The molecule has 1 aromatic carbocycles. The number of carbonyl (C=O) groups excluding carboxylic acids is 1. The number of hydrogen-bond acceptors (Lipinski definition) is 3. The summed E-state index contributed by atoms with van der Waals surface area (Å²) in [5, 5.41) is 7.84. The third-order valence-corrected chi connectivity index (χ3v) is 4.37. The number of hydrogen-bond donors (Lipinski definition) is 2. The maximum absolute atomic E-state index is 11.6. The van der Waals surface area contributed by atoms with Crippen molar-refractivity contribution >= 4 is 15.9 Å². The van der Waals surface area contributed by atoms with E-state index in [4.69, 9.17) is 5.14 Å². The van der Waals surface area contributed by atoms with Crippen LogP contribution in [-0.4, -0.2) is 14.3 Å². The lowest BCUT2D eigenvalue weighted by molar-refractivity contribution is -0.122. The Morgan fingerprint density at radius 1 is 1.26 bits per heavy atom. The quantitative estimate of drug-likeness (QED) is 0.848. The molecule has 1 amide bonds. The van der Waals surface area contributed by atoms with E-state index < -0.39 is 10.0 Å². The zero-order valence-corrected chi connectivity index (χ0v) is 11.4. The van der Waals surface area contributed by atoms with Gasteiger partial charge in [-0.2, -0.15) is 0 Å². The summed E-state index contributed by atoms with van der Waals surface area (Å²) in [5.41, 5.74) is 0.856. The highest BCUT2D eigenvalue weighted by Gasteiger charge is 2.20. The molecule has 6 heteroatoms. The van der Waals surface area contributed by atoms with Crippen molar-refractivity contribution in [2.24, 2.45) is 11.1 Å². The fourth-order valence-electron chi connectivity index (χ4n) is 2.03. The first-order chi connectivity index (χ1) is 8.95. The predicted molar refractivity (Wildman–Crippen MR) is 71.6 cm³/mol. The lowest BCUT2D eigenvalue weighted by atomic mass is 9.83. The lowest BCUT2D eigenvalue weighted by Crippen LogP contribution is -2.27. The van der Waals surface area contributed by atoms with E-state index in [-0.39, 0.29) is 10.8 Å². The average Bonchev–Trinajstić information content (AvgIpc) is 2.31. The number of sulfonamides is 1. The van der Waals surface area contributed by atoms with Gasteiger partial charge in [-0.25, -0.2) is 13.6 Å². The zero-order valence-electron chi connectivity index (χ0n) is 10.6. The standard InChI is InChI=1S/C13H18N2O3S/c14-19(17,18)12-6-4-11(5-7-12)9-15-13(16)8-10-2-1-3-10/h4-7,10H,1-3,8-9H2,(H,15,16)(H2,14,17,18). The van der Waals surface area contributed by atoms with E-state index in [1.165, 1.54) is 18.6 Å². The number of rotatable bonds is 5. The molecule has 5 nitrogen and oxygen atoms in total. The molecule has 1 aromatic rings. The van der Waals surface area contributed by atoms with Crippen molar-refractivity contribution < 1.29 is 13.2 Å². The largest absolute Gasteiger partial charge is 0.352 e. The van der Waals surface area contributed by atoms with Crippen molar-refractivity contribution in [3.8, 4) is 0 Å². The minimum absolute atomic E-state index is 0.0558. The third kappa shape index (κ3) is 4.04. The molecule has 0 bridgehead atoms. The minimum atomic E-state index is -3.65. The van der Waals surface area contributed by atoms with Crippen LogP contribution in [0.2, 0.25) is 0 Å². The van der Waals surface area contributed by atoms with Crippen molar-refractivity contribution in [2.45, 2.75) is 37.1 Å². The van der Waals surface area contributed by atoms with Gasteiger partial charge in [-0.3, -0.25) is 4.79 Å². The van der Waals surface area contributed by atoms with Gasteiger partial charge in [0.2, 0.25) is 15.9 Å². The first-order valence-corrected chi connectivity index (χ1v) is 7.88. The Kier molecular flexibility index (Phi) is 4.21. The van der Waals surface area contributed by atoms with Crippen LogP contribution < -0.4 is 10.5 Å². The molecule has 1 aliphatic rings. The summed E-state index contributed by atoms with van der Waals surface area (Å²) >= 11 is 0. The molecule has 0 heterocycles. The molecule has 2 rings (SSSR count). The van der Waals surface area contributed by atoms with Crippen molar-refractivity contribution in [2.75, 3.05) is 0 Å². The van der Waals surface area contributed by atoms with E-state index >= 15 is 0 Å². The highest BCUT2D eigenvalue weighted by Crippen LogP contribution is 2.29. The summed E-state index contributed by atoms with van der Waals surface area (Å²) in [4.78, 5) is 11.7. The minimum Gasteiger partial charge on any atom is -0.352 e. The van der Waals surface area contributed by atoms with Gasteiger partial charge in [0, 0.05) is 13.0 Å². The SMILES string of the molecule is NS(=O)(=O)c1ccc(CNC(=O)CC2CCC2)cc1. The zero-order chi connectivity index (χ0) is 13.9. The Bertz CT molecular complexity index is 548. The molecule has 0 atom stereocenters. The summed E-state index contributed by atoms with van der Waals surface area (Å²) in [7, 11) is -3.65. The average molecular weight is 282 g/mol. The molecule has 1 fully saturated rings. The predicted octanol–water partition coefficient (Wildman–Crippen LogP) is 1.14. The second-order valence-electron chi connectivity index (χ2n) is 4.97. The number of amides is 1. The fraction of sp³-hybridized carbons (Fsp3) is 0.462. The number of primary sulfonamides is 1. The van der Waals surface area contributed by atoms with Gasteiger partial charge in [0.1, 0.15) is 0 Å². The second-order valence-corrected chi connectivity index (χ2v) is 6.53. The van der Waals surface area contributed by atoms with Crippen molar-refractivity contribution in [1.82, 2.24) is 5.32 Å². The number of nitrogens with two attached hydrogens (primary N) is 1.